The minimum atomic E-state index is -0.280. The summed E-state index contributed by atoms with van der Waals surface area (Å²) in [6, 6.07) is 13.0. The van der Waals surface area contributed by atoms with E-state index in [1.54, 1.807) is 18.3 Å². The summed E-state index contributed by atoms with van der Waals surface area (Å²) in [6.07, 6.45) is 1.54. The number of aromatic amines is 1. The Bertz CT molecular complexity index is 1170. The van der Waals surface area contributed by atoms with Crippen molar-refractivity contribution >= 4 is 34.8 Å². The van der Waals surface area contributed by atoms with Crippen molar-refractivity contribution < 1.29 is 19.5 Å². The number of nitrogens with zero attached hydrogens (tertiary/aromatic N) is 2. The smallest absolute Gasteiger partial charge is 0.225 e. The molecule has 0 aliphatic carbocycles. The van der Waals surface area contributed by atoms with Gasteiger partial charge in [0.25, 0.3) is 0 Å². The number of carbonyl (C=O) groups is 3. The highest BCUT2D eigenvalue weighted by molar-refractivity contribution is 6.09. The van der Waals surface area contributed by atoms with Crippen LogP contribution in [-0.2, 0) is 16.1 Å². The number of rotatable bonds is 6. The molecule has 4 rings (SSSR count). The van der Waals surface area contributed by atoms with Crippen LogP contribution < -0.4 is 10.6 Å². The van der Waals surface area contributed by atoms with Gasteiger partial charge >= 0.3 is 0 Å². The number of hydrogen-bond donors (Lipinski definition) is 4. The molecule has 0 spiro atoms. The first-order valence-corrected chi connectivity index (χ1v) is 10.2. The van der Waals surface area contributed by atoms with E-state index < -0.39 is 0 Å². The molecule has 0 bridgehead atoms. The summed E-state index contributed by atoms with van der Waals surface area (Å²) in [5.74, 6) is -0.331. The fourth-order valence-electron chi connectivity index (χ4n) is 3.75. The number of amides is 2. The van der Waals surface area contributed by atoms with Gasteiger partial charge < -0.3 is 25.6 Å². The topological polar surface area (TPSA) is 127 Å². The Morgan fingerprint density at radius 1 is 1.19 bits per heavy atom. The molecular formula is C23H23N5O4. The van der Waals surface area contributed by atoms with Crippen LogP contribution in [0.5, 0.6) is 0 Å². The van der Waals surface area contributed by atoms with Crippen molar-refractivity contribution in [3.05, 3.63) is 59.9 Å². The Morgan fingerprint density at radius 2 is 1.97 bits per heavy atom. The van der Waals surface area contributed by atoms with Crippen LogP contribution in [0.25, 0.3) is 11.3 Å². The molecule has 0 fully saturated rings. The zero-order valence-electron chi connectivity index (χ0n) is 17.5. The zero-order chi connectivity index (χ0) is 22.7. The van der Waals surface area contributed by atoms with Crippen LogP contribution >= 0.6 is 0 Å². The second-order valence-electron chi connectivity index (χ2n) is 7.48. The molecule has 0 atom stereocenters. The van der Waals surface area contributed by atoms with Gasteiger partial charge in [-0.25, -0.2) is 4.98 Å². The Kier molecular flexibility index (Phi) is 6.00. The molecule has 2 amide bonds. The van der Waals surface area contributed by atoms with Gasteiger partial charge in [-0.2, -0.15) is 0 Å². The number of aliphatic hydroxyl groups is 1. The molecule has 0 saturated heterocycles. The van der Waals surface area contributed by atoms with Gasteiger partial charge in [-0.15, -0.1) is 0 Å². The first kappa shape index (κ1) is 21.3. The minimum absolute atomic E-state index is 0.0320. The molecule has 3 aromatic rings. The number of para-hydroxylation sites is 1. The summed E-state index contributed by atoms with van der Waals surface area (Å²) < 4.78 is 0. The third kappa shape index (κ3) is 4.37. The molecule has 1 aromatic carbocycles. The lowest BCUT2D eigenvalue weighted by Crippen LogP contribution is -2.39. The number of H-pyrrole nitrogens is 1. The monoisotopic (exact) mass is 433 g/mol. The van der Waals surface area contributed by atoms with E-state index in [-0.39, 0.29) is 43.7 Å². The predicted molar refractivity (Wildman–Crippen MR) is 120 cm³/mol. The second-order valence-corrected chi connectivity index (χ2v) is 7.48. The number of nitrogens with one attached hydrogen (secondary N) is 3. The fraction of sp³-hybridized carbons (Fsp3) is 0.217. The average molecular weight is 433 g/mol. The van der Waals surface area contributed by atoms with Crippen LogP contribution in [0, 0.1) is 0 Å². The number of benzene rings is 1. The third-order valence-electron chi connectivity index (χ3n) is 5.11. The number of aliphatic hydroxyl groups excluding tert-OH is 1. The van der Waals surface area contributed by atoms with Gasteiger partial charge in [0, 0.05) is 36.5 Å². The van der Waals surface area contributed by atoms with Crippen molar-refractivity contribution in [3.63, 3.8) is 0 Å². The zero-order valence-corrected chi connectivity index (χ0v) is 17.5. The van der Waals surface area contributed by atoms with Gasteiger partial charge in [0.1, 0.15) is 5.82 Å². The fourth-order valence-corrected chi connectivity index (χ4v) is 3.75. The van der Waals surface area contributed by atoms with Crippen molar-refractivity contribution in [1.82, 2.24) is 14.9 Å². The quantitative estimate of drug-likeness (QED) is 0.473. The number of Topliss-reactive ketones (excluding diaryl/α,β-unsaturated/α-hetero) is 1. The Labute approximate surface area is 184 Å². The van der Waals surface area contributed by atoms with Gasteiger partial charge in [-0.05, 0) is 24.3 Å². The van der Waals surface area contributed by atoms with Crippen LogP contribution in [0.4, 0.5) is 17.2 Å². The summed E-state index contributed by atoms with van der Waals surface area (Å²) >= 11 is 0. The van der Waals surface area contributed by atoms with Crippen molar-refractivity contribution in [2.24, 2.45) is 0 Å². The van der Waals surface area contributed by atoms with E-state index in [1.807, 2.05) is 30.3 Å². The molecule has 3 heterocycles. The predicted octanol–water partition coefficient (Wildman–Crippen LogP) is 2.69. The van der Waals surface area contributed by atoms with Gasteiger partial charge in [0.05, 0.1) is 36.6 Å². The summed E-state index contributed by atoms with van der Waals surface area (Å²) in [4.78, 5) is 45.7. The third-order valence-corrected chi connectivity index (χ3v) is 5.11. The summed E-state index contributed by atoms with van der Waals surface area (Å²) in [5, 5.41) is 15.1. The van der Waals surface area contributed by atoms with Crippen LogP contribution in [-0.4, -0.2) is 50.7 Å². The second kappa shape index (κ2) is 9.03. The molecule has 9 heteroatoms. The van der Waals surface area contributed by atoms with Crippen molar-refractivity contribution in [1.29, 1.82) is 0 Å². The Hall–Kier alpha value is -3.98. The number of fused-ring (bicyclic) bond motifs is 1. The summed E-state index contributed by atoms with van der Waals surface area (Å²) in [7, 11) is 0. The number of ketones is 1. The molecule has 2 aromatic heterocycles. The highest BCUT2D eigenvalue weighted by Gasteiger charge is 2.32. The maximum Gasteiger partial charge on any atom is 0.225 e. The maximum absolute atomic E-state index is 13.1. The number of carbonyl (C=O) groups excluding carboxylic acids is 3. The van der Waals surface area contributed by atoms with Crippen LogP contribution in [0.15, 0.2) is 48.7 Å². The number of pyridine rings is 1. The number of anilines is 3. The van der Waals surface area contributed by atoms with Gasteiger partial charge in [0.15, 0.2) is 5.78 Å². The van der Waals surface area contributed by atoms with Crippen molar-refractivity contribution in [2.75, 3.05) is 23.8 Å². The van der Waals surface area contributed by atoms with E-state index in [4.69, 9.17) is 5.11 Å². The SMILES string of the molecule is CC(=O)Nc1cc(-c2[nH]c3c(c2Nc2ccccc2)C(=O)CN(C(=O)CCO)C3)ccn1. The van der Waals surface area contributed by atoms with Gasteiger partial charge in [-0.3, -0.25) is 14.4 Å². The Morgan fingerprint density at radius 3 is 2.69 bits per heavy atom. The highest BCUT2D eigenvalue weighted by Crippen LogP contribution is 2.38. The maximum atomic E-state index is 13.1. The molecule has 0 unspecified atom stereocenters. The molecule has 4 N–H and O–H groups in total. The highest BCUT2D eigenvalue weighted by atomic mass is 16.3. The van der Waals surface area contributed by atoms with E-state index >= 15 is 0 Å². The van der Waals surface area contributed by atoms with E-state index in [0.717, 1.165) is 11.3 Å². The van der Waals surface area contributed by atoms with Gasteiger partial charge in [0.2, 0.25) is 11.8 Å². The standard InChI is InChI=1S/C23H23N5O4/c1-14(30)25-19-11-15(7-9-24-19)22-23(26-16-5-3-2-4-6-16)21-17(27-22)12-28(13-18(21)31)20(32)8-10-29/h2-7,9,11,26-27,29H,8,10,12-13H2,1H3,(H,24,25,30). The molecule has 0 radical (unpaired) electrons. The molecule has 1 aliphatic heterocycles. The molecule has 1 aliphatic rings. The van der Waals surface area contributed by atoms with E-state index in [9.17, 15) is 14.4 Å². The lowest BCUT2D eigenvalue weighted by molar-refractivity contribution is -0.132. The molecule has 164 valence electrons. The lowest BCUT2D eigenvalue weighted by Gasteiger charge is -2.26. The average Bonchev–Trinajstić information content (AvgIpc) is 3.13. The van der Waals surface area contributed by atoms with E-state index in [2.05, 4.69) is 20.6 Å². The van der Waals surface area contributed by atoms with Crippen LogP contribution in [0.3, 0.4) is 0 Å². The number of hydrogen-bond acceptors (Lipinski definition) is 6. The van der Waals surface area contributed by atoms with Crippen LogP contribution in [0.2, 0.25) is 0 Å². The van der Waals surface area contributed by atoms with Crippen molar-refractivity contribution in [2.45, 2.75) is 19.9 Å². The largest absolute Gasteiger partial charge is 0.396 e. The first-order valence-electron chi connectivity index (χ1n) is 10.2. The van der Waals surface area contributed by atoms with Gasteiger partial charge in [-0.1, -0.05) is 18.2 Å². The van der Waals surface area contributed by atoms with E-state index in [0.29, 0.717) is 28.5 Å². The first-order chi connectivity index (χ1) is 15.5. The Balaban J connectivity index is 1.80. The number of aromatic nitrogens is 2. The van der Waals surface area contributed by atoms with Crippen molar-refractivity contribution in [3.8, 4) is 11.3 Å². The van der Waals surface area contributed by atoms with Crippen LogP contribution in [0.1, 0.15) is 29.4 Å². The normalized spacial score (nSPS) is 12.9. The summed E-state index contributed by atoms with van der Waals surface area (Å²) in [6.45, 7) is 1.31. The molecular weight excluding hydrogens is 410 g/mol. The molecule has 0 saturated carbocycles. The lowest BCUT2D eigenvalue weighted by atomic mass is 10.0. The molecule has 32 heavy (non-hydrogen) atoms. The van der Waals surface area contributed by atoms with E-state index in [1.165, 1.54) is 11.8 Å². The molecule has 9 nitrogen and oxygen atoms in total. The summed E-state index contributed by atoms with van der Waals surface area (Å²) in [5.41, 5.74) is 3.88. The minimum Gasteiger partial charge on any atom is -0.396 e.